The molecule has 18 heavy (non-hydrogen) atoms. The van der Waals surface area contributed by atoms with Crippen molar-refractivity contribution in [2.24, 2.45) is 0 Å². The van der Waals surface area contributed by atoms with Crippen molar-refractivity contribution in [1.82, 2.24) is 0 Å². The van der Waals surface area contributed by atoms with E-state index in [1.54, 1.807) is 6.92 Å². The minimum atomic E-state index is -0.424. The monoisotopic (exact) mass is 250 g/mol. The molecule has 0 amide bonds. The van der Waals surface area contributed by atoms with E-state index in [2.05, 4.69) is 29.0 Å². The Morgan fingerprint density at radius 2 is 1.83 bits per heavy atom. The number of benzene rings is 1. The Bertz CT molecular complexity index is 311. The number of ether oxygens (including phenoxy) is 2. The summed E-state index contributed by atoms with van der Waals surface area (Å²) in [6.07, 6.45) is 5.31. The minimum Gasteiger partial charge on any atom is -0.438 e. The van der Waals surface area contributed by atoms with E-state index in [4.69, 9.17) is 4.74 Å². The molecule has 0 aromatic heterocycles. The molecule has 0 aliphatic carbocycles. The lowest BCUT2D eigenvalue weighted by Crippen LogP contribution is -2.12. The van der Waals surface area contributed by atoms with Crippen LogP contribution in [0.15, 0.2) is 30.3 Å². The summed E-state index contributed by atoms with van der Waals surface area (Å²) in [5.74, 6) is 0. The van der Waals surface area contributed by atoms with Gasteiger partial charge in [-0.1, -0.05) is 43.2 Å². The second-order valence-electron chi connectivity index (χ2n) is 4.32. The maximum atomic E-state index is 10.0. The van der Waals surface area contributed by atoms with Crippen LogP contribution in [0, 0.1) is 0 Å². The minimum absolute atomic E-state index is 0.421. The standard InChI is InChI=1S/C15H22O3/c1-14(18-13-16)17-12-8-3-2-5-9-15-10-6-4-7-11-15/h4,6-7,10-11,13-14H,2-3,5,8-9,12H2,1H3. The Kier molecular flexibility index (Phi) is 7.89. The Morgan fingerprint density at radius 3 is 2.56 bits per heavy atom. The van der Waals surface area contributed by atoms with Gasteiger partial charge in [-0.3, -0.25) is 4.79 Å². The Morgan fingerprint density at radius 1 is 1.11 bits per heavy atom. The molecule has 0 bridgehead atoms. The number of carbonyl (C=O) groups excluding carboxylic acids is 1. The summed E-state index contributed by atoms with van der Waals surface area (Å²) in [5, 5.41) is 0. The van der Waals surface area contributed by atoms with Crippen LogP contribution >= 0.6 is 0 Å². The number of unbranched alkanes of at least 4 members (excludes halogenated alkanes) is 3. The van der Waals surface area contributed by atoms with Crippen LogP contribution in [0.1, 0.15) is 38.2 Å². The zero-order chi connectivity index (χ0) is 13.1. The van der Waals surface area contributed by atoms with Crippen molar-refractivity contribution in [3.05, 3.63) is 35.9 Å². The quantitative estimate of drug-likeness (QED) is 0.363. The van der Waals surface area contributed by atoms with E-state index in [0.717, 1.165) is 19.3 Å². The Balaban J connectivity index is 1.91. The van der Waals surface area contributed by atoms with Gasteiger partial charge in [-0.25, -0.2) is 0 Å². The first kappa shape index (κ1) is 14.7. The van der Waals surface area contributed by atoms with Crippen molar-refractivity contribution in [1.29, 1.82) is 0 Å². The Labute approximate surface area is 109 Å². The Hall–Kier alpha value is -1.35. The van der Waals surface area contributed by atoms with Gasteiger partial charge in [-0.05, 0) is 31.7 Å². The molecular formula is C15H22O3. The lowest BCUT2D eigenvalue weighted by atomic mass is 10.1. The second kappa shape index (κ2) is 9.66. The molecule has 0 spiro atoms. The van der Waals surface area contributed by atoms with Crippen molar-refractivity contribution in [3.8, 4) is 0 Å². The van der Waals surface area contributed by atoms with Crippen molar-refractivity contribution in [2.75, 3.05) is 6.61 Å². The molecule has 1 aromatic rings. The van der Waals surface area contributed by atoms with E-state index in [-0.39, 0.29) is 0 Å². The highest BCUT2D eigenvalue weighted by Crippen LogP contribution is 2.08. The van der Waals surface area contributed by atoms with Gasteiger partial charge in [0.2, 0.25) is 0 Å². The third kappa shape index (κ3) is 7.07. The fourth-order valence-corrected chi connectivity index (χ4v) is 1.80. The molecule has 0 aliphatic heterocycles. The summed E-state index contributed by atoms with van der Waals surface area (Å²) >= 11 is 0. The third-order valence-electron chi connectivity index (χ3n) is 2.80. The van der Waals surface area contributed by atoms with E-state index >= 15 is 0 Å². The number of rotatable bonds is 10. The SMILES string of the molecule is CC(OC=O)OCCCCCCc1ccccc1. The van der Waals surface area contributed by atoms with Gasteiger partial charge in [0.25, 0.3) is 6.47 Å². The third-order valence-corrected chi connectivity index (χ3v) is 2.80. The summed E-state index contributed by atoms with van der Waals surface area (Å²) in [7, 11) is 0. The highest BCUT2D eigenvalue weighted by Gasteiger charge is 2.00. The van der Waals surface area contributed by atoms with Crippen LogP contribution in [0.2, 0.25) is 0 Å². The molecule has 1 unspecified atom stereocenters. The van der Waals surface area contributed by atoms with Gasteiger partial charge in [0.1, 0.15) is 0 Å². The fourth-order valence-electron chi connectivity index (χ4n) is 1.80. The van der Waals surface area contributed by atoms with Gasteiger partial charge in [-0.2, -0.15) is 0 Å². The lowest BCUT2D eigenvalue weighted by molar-refractivity contribution is -0.159. The molecule has 0 aliphatic rings. The molecular weight excluding hydrogens is 228 g/mol. The first-order chi connectivity index (χ1) is 8.83. The molecule has 0 saturated heterocycles. The zero-order valence-corrected chi connectivity index (χ0v) is 11.0. The van der Waals surface area contributed by atoms with Crippen molar-refractivity contribution < 1.29 is 14.3 Å². The number of carbonyl (C=O) groups is 1. The number of hydrogen-bond acceptors (Lipinski definition) is 3. The molecule has 1 rings (SSSR count). The molecule has 0 N–H and O–H groups in total. The highest BCUT2D eigenvalue weighted by atomic mass is 16.7. The van der Waals surface area contributed by atoms with Gasteiger partial charge >= 0.3 is 0 Å². The maximum Gasteiger partial charge on any atom is 0.295 e. The molecule has 3 heteroatoms. The van der Waals surface area contributed by atoms with Crippen LogP contribution in [-0.4, -0.2) is 19.4 Å². The van der Waals surface area contributed by atoms with Gasteiger partial charge in [0, 0.05) is 0 Å². The van der Waals surface area contributed by atoms with Crippen molar-refractivity contribution >= 4 is 6.47 Å². The van der Waals surface area contributed by atoms with Gasteiger partial charge in [-0.15, -0.1) is 0 Å². The molecule has 0 radical (unpaired) electrons. The fraction of sp³-hybridized carbons (Fsp3) is 0.533. The smallest absolute Gasteiger partial charge is 0.295 e. The summed E-state index contributed by atoms with van der Waals surface area (Å²) in [5.41, 5.74) is 1.40. The number of hydrogen-bond donors (Lipinski definition) is 0. The molecule has 1 atom stereocenters. The van der Waals surface area contributed by atoms with E-state index in [0.29, 0.717) is 13.1 Å². The summed E-state index contributed by atoms with van der Waals surface area (Å²) in [6.45, 7) is 2.80. The van der Waals surface area contributed by atoms with Crippen molar-refractivity contribution in [3.63, 3.8) is 0 Å². The topological polar surface area (TPSA) is 35.5 Å². The van der Waals surface area contributed by atoms with Crippen LogP contribution in [0.5, 0.6) is 0 Å². The number of aryl methyl sites for hydroxylation is 1. The first-order valence-corrected chi connectivity index (χ1v) is 6.57. The molecule has 0 saturated carbocycles. The van der Waals surface area contributed by atoms with Gasteiger partial charge in [0.15, 0.2) is 6.29 Å². The second-order valence-corrected chi connectivity index (χ2v) is 4.32. The highest BCUT2D eigenvalue weighted by molar-refractivity contribution is 5.37. The predicted molar refractivity (Wildman–Crippen MR) is 71.2 cm³/mol. The summed E-state index contributed by atoms with van der Waals surface area (Å²) in [4.78, 5) is 10.0. The van der Waals surface area contributed by atoms with Gasteiger partial charge in [0.05, 0.1) is 6.61 Å². The van der Waals surface area contributed by atoms with E-state index in [9.17, 15) is 4.79 Å². The van der Waals surface area contributed by atoms with Gasteiger partial charge < -0.3 is 9.47 Å². The largest absolute Gasteiger partial charge is 0.438 e. The van der Waals surface area contributed by atoms with Crippen LogP contribution in [0.4, 0.5) is 0 Å². The van der Waals surface area contributed by atoms with Crippen LogP contribution < -0.4 is 0 Å². The lowest BCUT2D eigenvalue weighted by Gasteiger charge is -2.10. The summed E-state index contributed by atoms with van der Waals surface area (Å²) in [6, 6.07) is 10.5. The average molecular weight is 250 g/mol. The maximum absolute atomic E-state index is 10.0. The molecule has 100 valence electrons. The van der Waals surface area contributed by atoms with Crippen LogP contribution in [-0.2, 0) is 20.7 Å². The average Bonchev–Trinajstić information content (AvgIpc) is 2.39. The molecule has 3 nitrogen and oxygen atoms in total. The zero-order valence-electron chi connectivity index (χ0n) is 11.0. The molecule has 0 heterocycles. The molecule has 1 aromatic carbocycles. The van der Waals surface area contributed by atoms with E-state index in [1.165, 1.54) is 18.4 Å². The van der Waals surface area contributed by atoms with E-state index < -0.39 is 6.29 Å². The first-order valence-electron chi connectivity index (χ1n) is 6.57. The van der Waals surface area contributed by atoms with Crippen LogP contribution in [0.3, 0.4) is 0 Å². The summed E-state index contributed by atoms with van der Waals surface area (Å²) < 4.78 is 9.92. The predicted octanol–water partition coefficient (Wildman–Crippen LogP) is 3.33. The van der Waals surface area contributed by atoms with E-state index in [1.807, 2.05) is 6.07 Å². The molecule has 0 fully saturated rings. The van der Waals surface area contributed by atoms with Crippen LogP contribution in [0.25, 0.3) is 0 Å². The normalized spacial score (nSPS) is 12.1. The van der Waals surface area contributed by atoms with Crippen molar-refractivity contribution in [2.45, 2.75) is 45.3 Å².